The summed E-state index contributed by atoms with van der Waals surface area (Å²) < 4.78 is 2.14. The lowest BCUT2D eigenvalue weighted by molar-refractivity contribution is 0.176. The Morgan fingerprint density at radius 2 is 2.33 bits per heavy atom. The number of hydrogen-bond donors (Lipinski definition) is 2. The Kier molecular flexibility index (Phi) is 5.15. The molecule has 0 unspecified atom stereocenters. The number of hydrogen-bond acceptors (Lipinski definition) is 3. The molecule has 1 fully saturated rings. The van der Waals surface area contributed by atoms with Crippen molar-refractivity contribution in [2.75, 3.05) is 18.4 Å². The maximum absolute atomic E-state index is 12.2. The predicted octanol–water partition coefficient (Wildman–Crippen LogP) is 2.95. The van der Waals surface area contributed by atoms with Gasteiger partial charge >= 0.3 is 6.03 Å². The van der Waals surface area contributed by atoms with Crippen molar-refractivity contribution in [2.45, 2.75) is 38.8 Å². The van der Waals surface area contributed by atoms with Crippen molar-refractivity contribution in [1.29, 1.82) is 0 Å². The van der Waals surface area contributed by atoms with Gasteiger partial charge in [-0.1, -0.05) is 25.5 Å². The molecule has 0 radical (unpaired) electrons. The van der Waals surface area contributed by atoms with Crippen molar-refractivity contribution in [2.24, 2.45) is 0 Å². The van der Waals surface area contributed by atoms with Crippen LogP contribution in [-0.2, 0) is 6.54 Å². The fraction of sp³-hybridized carbons (Fsp3) is 0.444. The van der Waals surface area contributed by atoms with Gasteiger partial charge in [-0.25, -0.2) is 9.78 Å². The molecule has 0 aliphatic carbocycles. The number of unbranched alkanes of at least 4 members (excludes halogenated alkanes) is 1. The van der Waals surface area contributed by atoms with Gasteiger partial charge in [-0.2, -0.15) is 0 Å². The van der Waals surface area contributed by atoms with E-state index in [-0.39, 0.29) is 6.03 Å². The van der Waals surface area contributed by atoms with Crippen LogP contribution < -0.4 is 5.32 Å². The van der Waals surface area contributed by atoms with Crippen molar-refractivity contribution < 1.29 is 9.90 Å². The topological polar surface area (TPSA) is 70.4 Å². The van der Waals surface area contributed by atoms with E-state index in [9.17, 15) is 9.90 Å². The normalized spacial score (nSPS) is 17.2. The van der Waals surface area contributed by atoms with Crippen LogP contribution in [-0.4, -0.2) is 44.8 Å². The van der Waals surface area contributed by atoms with Crippen molar-refractivity contribution in [1.82, 2.24) is 14.5 Å². The van der Waals surface area contributed by atoms with Crippen LogP contribution in [0.15, 0.2) is 36.7 Å². The molecule has 3 rings (SSSR count). The zero-order valence-electron chi connectivity index (χ0n) is 14.0. The largest absolute Gasteiger partial charge is 0.391 e. The van der Waals surface area contributed by atoms with Gasteiger partial charge in [0.1, 0.15) is 5.82 Å². The number of likely N-dealkylation sites (tertiary alicyclic amines) is 1. The van der Waals surface area contributed by atoms with Gasteiger partial charge in [0.15, 0.2) is 0 Å². The molecule has 2 aromatic rings. The highest BCUT2D eigenvalue weighted by Gasteiger charge is 2.24. The SMILES string of the molecule is CCCCn1ccnc1-c1cccc(NC(=O)N2CC[C@H](O)C2)c1. The molecule has 0 saturated carbocycles. The highest BCUT2D eigenvalue weighted by molar-refractivity contribution is 5.90. The van der Waals surface area contributed by atoms with E-state index in [4.69, 9.17) is 0 Å². The minimum Gasteiger partial charge on any atom is -0.391 e. The highest BCUT2D eigenvalue weighted by atomic mass is 16.3. The number of aliphatic hydroxyl groups excluding tert-OH is 1. The molecule has 1 aliphatic rings. The van der Waals surface area contributed by atoms with Crippen molar-refractivity contribution >= 4 is 11.7 Å². The summed E-state index contributed by atoms with van der Waals surface area (Å²) in [6, 6.07) is 7.56. The second-order valence-corrected chi connectivity index (χ2v) is 6.20. The van der Waals surface area contributed by atoms with E-state index in [1.807, 2.05) is 36.7 Å². The number of nitrogens with one attached hydrogen (secondary N) is 1. The Balaban J connectivity index is 1.72. The van der Waals surface area contributed by atoms with Gasteiger partial charge in [0.2, 0.25) is 0 Å². The number of rotatable bonds is 5. The standard InChI is InChI=1S/C18H24N4O2/c1-2-3-9-21-11-8-19-17(21)14-5-4-6-15(12-14)20-18(24)22-10-7-16(23)13-22/h4-6,8,11-12,16,23H,2-3,7,9-10,13H2,1H3,(H,20,24)/t16-/m0/s1. The zero-order chi connectivity index (χ0) is 16.9. The molecule has 1 aromatic carbocycles. The molecule has 0 bridgehead atoms. The van der Waals surface area contributed by atoms with E-state index in [0.29, 0.717) is 19.5 Å². The number of anilines is 1. The Morgan fingerprint density at radius 3 is 3.08 bits per heavy atom. The van der Waals surface area contributed by atoms with E-state index < -0.39 is 6.10 Å². The maximum Gasteiger partial charge on any atom is 0.321 e. The number of urea groups is 1. The summed E-state index contributed by atoms with van der Waals surface area (Å²) in [6.07, 6.45) is 6.27. The number of imidazole rings is 1. The predicted molar refractivity (Wildman–Crippen MR) is 93.8 cm³/mol. The highest BCUT2D eigenvalue weighted by Crippen LogP contribution is 2.22. The van der Waals surface area contributed by atoms with Crippen LogP contribution in [0.3, 0.4) is 0 Å². The van der Waals surface area contributed by atoms with Crippen LogP contribution in [0.4, 0.5) is 10.5 Å². The zero-order valence-corrected chi connectivity index (χ0v) is 14.0. The molecule has 2 heterocycles. The van der Waals surface area contributed by atoms with Gasteiger partial charge in [-0.05, 0) is 25.0 Å². The average molecular weight is 328 g/mol. The number of carbonyl (C=O) groups is 1. The summed E-state index contributed by atoms with van der Waals surface area (Å²) in [5, 5.41) is 12.5. The van der Waals surface area contributed by atoms with E-state index in [1.165, 1.54) is 0 Å². The third-order valence-electron chi connectivity index (χ3n) is 4.29. The van der Waals surface area contributed by atoms with Crippen LogP contribution in [0.1, 0.15) is 26.2 Å². The van der Waals surface area contributed by atoms with Crippen LogP contribution in [0, 0.1) is 0 Å². The number of aromatic nitrogens is 2. The Bertz CT molecular complexity index is 698. The summed E-state index contributed by atoms with van der Waals surface area (Å²) in [7, 11) is 0. The molecule has 1 saturated heterocycles. The second-order valence-electron chi connectivity index (χ2n) is 6.20. The van der Waals surface area contributed by atoms with E-state index in [0.717, 1.165) is 36.5 Å². The fourth-order valence-corrected chi connectivity index (χ4v) is 2.94. The van der Waals surface area contributed by atoms with Gasteiger partial charge in [-0.3, -0.25) is 0 Å². The Morgan fingerprint density at radius 1 is 1.46 bits per heavy atom. The first-order chi connectivity index (χ1) is 11.7. The summed E-state index contributed by atoms with van der Waals surface area (Å²) in [5.41, 5.74) is 1.72. The molecule has 2 N–H and O–H groups in total. The van der Waals surface area contributed by atoms with Gasteiger partial charge in [-0.15, -0.1) is 0 Å². The molecule has 6 nitrogen and oxygen atoms in total. The molecule has 0 spiro atoms. The molecule has 1 aliphatic heterocycles. The van der Waals surface area contributed by atoms with E-state index >= 15 is 0 Å². The lowest BCUT2D eigenvalue weighted by Gasteiger charge is -2.17. The number of nitrogens with zero attached hydrogens (tertiary/aromatic N) is 3. The lowest BCUT2D eigenvalue weighted by Crippen LogP contribution is -2.33. The first kappa shape index (κ1) is 16.5. The molecular formula is C18H24N4O2. The quantitative estimate of drug-likeness (QED) is 0.886. The van der Waals surface area contributed by atoms with Crippen LogP contribution >= 0.6 is 0 Å². The smallest absolute Gasteiger partial charge is 0.321 e. The summed E-state index contributed by atoms with van der Waals surface area (Å²) in [6.45, 7) is 4.09. The third kappa shape index (κ3) is 3.76. The molecule has 1 atom stereocenters. The molecule has 128 valence electrons. The van der Waals surface area contributed by atoms with Crippen LogP contribution in [0.25, 0.3) is 11.4 Å². The Hall–Kier alpha value is -2.34. The fourth-order valence-electron chi connectivity index (χ4n) is 2.94. The van der Waals surface area contributed by atoms with E-state index in [1.54, 1.807) is 4.90 Å². The third-order valence-corrected chi connectivity index (χ3v) is 4.29. The number of amides is 2. The summed E-state index contributed by atoms with van der Waals surface area (Å²) >= 11 is 0. The van der Waals surface area contributed by atoms with Crippen molar-refractivity contribution in [3.8, 4) is 11.4 Å². The Labute approximate surface area is 142 Å². The lowest BCUT2D eigenvalue weighted by atomic mass is 10.2. The minimum absolute atomic E-state index is 0.168. The van der Waals surface area contributed by atoms with Gasteiger partial charge in [0.25, 0.3) is 0 Å². The number of β-amino-alcohol motifs (C(OH)–C–C–N with tert-alkyl or cyclic N) is 1. The number of carbonyl (C=O) groups excluding carboxylic acids is 1. The molecule has 2 amide bonds. The van der Waals surface area contributed by atoms with Gasteiger partial charge in [0.05, 0.1) is 6.10 Å². The summed E-state index contributed by atoms with van der Waals surface area (Å²) in [4.78, 5) is 18.3. The molecular weight excluding hydrogens is 304 g/mol. The summed E-state index contributed by atoms with van der Waals surface area (Å²) in [5.74, 6) is 0.913. The molecule has 1 aromatic heterocycles. The van der Waals surface area contributed by atoms with Crippen LogP contribution in [0.2, 0.25) is 0 Å². The molecule has 6 heteroatoms. The van der Waals surface area contributed by atoms with E-state index in [2.05, 4.69) is 21.8 Å². The van der Waals surface area contributed by atoms with Crippen molar-refractivity contribution in [3.63, 3.8) is 0 Å². The number of aliphatic hydroxyl groups is 1. The minimum atomic E-state index is -0.409. The second kappa shape index (κ2) is 7.49. The molecule has 24 heavy (non-hydrogen) atoms. The first-order valence-electron chi connectivity index (χ1n) is 8.53. The average Bonchev–Trinajstić information content (AvgIpc) is 3.22. The van der Waals surface area contributed by atoms with Gasteiger partial charge in [0, 0.05) is 43.3 Å². The monoisotopic (exact) mass is 328 g/mol. The van der Waals surface area contributed by atoms with Crippen LogP contribution in [0.5, 0.6) is 0 Å². The van der Waals surface area contributed by atoms with Gasteiger partial charge < -0.3 is 19.9 Å². The number of benzene rings is 1. The number of aryl methyl sites for hydroxylation is 1. The van der Waals surface area contributed by atoms with Crippen molar-refractivity contribution in [3.05, 3.63) is 36.7 Å². The maximum atomic E-state index is 12.2. The first-order valence-corrected chi connectivity index (χ1v) is 8.53.